The van der Waals surface area contributed by atoms with Crippen molar-refractivity contribution in [2.45, 2.75) is 5.33 Å². The van der Waals surface area contributed by atoms with Crippen LogP contribution in [0.25, 0.3) is 0 Å². The molecule has 2 aromatic rings. The number of rotatable bonds is 4. The molecule has 1 amide bonds. The zero-order valence-corrected chi connectivity index (χ0v) is 13.0. The summed E-state index contributed by atoms with van der Waals surface area (Å²) < 4.78 is 0. The van der Waals surface area contributed by atoms with Crippen LogP contribution in [-0.2, 0) is 5.33 Å². The number of nitrogens with zero attached hydrogens (tertiary/aromatic N) is 1. The van der Waals surface area contributed by atoms with E-state index < -0.39 is 10.8 Å². The first-order valence-electron chi connectivity index (χ1n) is 5.91. The van der Waals surface area contributed by atoms with Gasteiger partial charge >= 0.3 is 0 Å². The minimum atomic E-state index is -0.611. The summed E-state index contributed by atoms with van der Waals surface area (Å²) in [7, 11) is 0. The van der Waals surface area contributed by atoms with Crippen LogP contribution in [0.2, 0.25) is 5.02 Å². The van der Waals surface area contributed by atoms with Gasteiger partial charge in [0.1, 0.15) is 5.56 Å². The maximum Gasteiger partial charge on any atom is 0.282 e. The van der Waals surface area contributed by atoms with Crippen molar-refractivity contribution in [3.8, 4) is 0 Å². The number of nitrogens with one attached hydrogen (secondary N) is 1. The number of anilines is 1. The number of halogens is 2. The molecule has 0 saturated heterocycles. The summed E-state index contributed by atoms with van der Waals surface area (Å²) in [5.74, 6) is -0.573. The highest BCUT2D eigenvalue weighted by atomic mass is 79.9. The van der Waals surface area contributed by atoms with E-state index in [0.29, 0.717) is 11.0 Å². The molecule has 0 aliphatic carbocycles. The van der Waals surface area contributed by atoms with Crippen LogP contribution in [0.5, 0.6) is 0 Å². The molecule has 0 heterocycles. The fourth-order valence-electron chi connectivity index (χ4n) is 1.78. The summed E-state index contributed by atoms with van der Waals surface area (Å²) in [6, 6.07) is 11.0. The Balaban J connectivity index is 2.31. The molecule has 0 saturated carbocycles. The SMILES string of the molecule is O=C(Nc1cccc(CBr)c1)c1cc(Cl)ccc1[N+](=O)[O-]. The Morgan fingerprint density at radius 2 is 2.05 bits per heavy atom. The zero-order valence-electron chi connectivity index (χ0n) is 10.7. The van der Waals surface area contributed by atoms with E-state index in [0.717, 1.165) is 5.56 Å². The van der Waals surface area contributed by atoms with Crippen LogP contribution in [0.4, 0.5) is 11.4 Å². The fraction of sp³-hybridized carbons (Fsp3) is 0.0714. The Morgan fingerprint density at radius 3 is 2.71 bits per heavy atom. The number of carbonyl (C=O) groups excluding carboxylic acids is 1. The van der Waals surface area contributed by atoms with Gasteiger partial charge in [-0.3, -0.25) is 14.9 Å². The highest BCUT2D eigenvalue weighted by Gasteiger charge is 2.20. The van der Waals surface area contributed by atoms with Crippen LogP contribution in [0.3, 0.4) is 0 Å². The minimum absolute atomic E-state index is 0.0725. The molecule has 21 heavy (non-hydrogen) atoms. The van der Waals surface area contributed by atoms with Gasteiger partial charge in [-0.05, 0) is 29.8 Å². The third-order valence-corrected chi connectivity index (χ3v) is 3.62. The van der Waals surface area contributed by atoms with E-state index in [-0.39, 0.29) is 16.3 Å². The summed E-state index contributed by atoms with van der Waals surface area (Å²) in [5, 5.41) is 14.5. The van der Waals surface area contributed by atoms with Gasteiger partial charge in [0.05, 0.1) is 4.92 Å². The van der Waals surface area contributed by atoms with Crippen molar-refractivity contribution in [2.75, 3.05) is 5.32 Å². The molecule has 0 atom stereocenters. The normalized spacial score (nSPS) is 10.2. The van der Waals surface area contributed by atoms with E-state index in [4.69, 9.17) is 11.6 Å². The van der Waals surface area contributed by atoms with Crippen molar-refractivity contribution in [3.63, 3.8) is 0 Å². The van der Waals surface area contributed by atoms with Crippen molar-refractivity contribution in [3.05, 3.63) is 68.7 Å². The lowest BCUT2D eigenvalue weighted by atomic mass is 10.1. The second kappa shape index (κ2) is 6.69. The maximum atomic E-state index is 12.2. The third-order valence-electron chi connectivity index (χ3n) is 2.74. The Hall–Kier alpha value is -1.92. The Labute approximate surface area is 134 Å². The van der Waals surface area contributed by atoms with Gasteiger partial charge in [-0.25, -0.2) is 0 Å². The first-order valence-corrected chi connectivity index (χ1v) is 7.41. The Kier molecular flexibility index (Phi) is 4.93. The van der Waals surface area contributed by atoms with E-state index in [1.54, 1.807) is 18.2 Å². The van der Waals surface area contributed by atoms with Gasteiger partial charge < -0.3 is 5.32 Å². The van der Waals surface area contributed by atoms with Gasteiger partial charge in [0, 0.05) is 22.1 Å². The first kappa shape index (κ1) is 15.5. The molecule has 5 nitrogen and oxygen atoms in total. The van der Waals surface area contributed by atoms with Crippen LogP contribution in [0, 0.1) is 10.1 Å². The van der Waals surface area contributed by atoms with Gasteiger partial charge in [-0.1, -0.05) is 39.7 Å². The van der Waals surface area contributed by atoms with E-state index in [2.05, 4.69) is 21.2 Å². The van der Waals surface area contributed by atoms with Gasteiger partial charge in [0.15, 0.2) is 0 Å². The lowest BCUT2D eigenvalue weighted by Gasteiger charge is -2.07. The van der Waals surface area contributed by atoms with E-state index >= 15 is 0 Å². The predicted octanol–water partition coefficient (Wildman–Crippen LogP) is 4.40. The van der Waals surface area contributed by atoms with E-state index in [1.165, 1.54) is 18.2 Å². The first-order chi connectivity index (χ1) is 10.0. The standard InChI is InChI=1S/C14H10BrClN2O3/c15-8-9-2-1-3-11(6-9)17-14(19)12-7-10(16)4-5-13(12)18(20)21/h1-7H,8H2,(H,17,19). The third kappa shape index (κ3) is 3.80. The number of amides is 1. The molecule has 1 N–H and O–H groups in total. The quantitative estimate of drug-likeness (QED) is 0.493. The number of nitro benzene ring substituents is 1. The van der Waals surface area contributed by atoms with Crippen LogP contribution >= 0.6 is 27.5 Å². The average Bonchev–Trinajstić information content (AvgIpc) is 2.47. The summed E-state index contributed by atoms with van der Waals surface area (Å²) in [5.41, 5.74) is 1.19. The van der Waals surface area contributed by atoms with Crippen LogP contribution in [0.15, 0.2) is 42.5 Å². The number of nitro groups is 1. The minimum Gasteiger partial charge on any atom is -0.322 e. The zero-order chi connectivity index (χ0) is 15.4. The molecule has 0 radical (unpaired) electrons. The predicted molar refractivity (Wildman–Crippen MR) is 85.1 cm³/mol. The smallest absolute Gasteiger partial charge is 0.282 e. The van der Waals surface area contributed by atoms with Crippen molar-refractivity contribution >= 4 is 44.8 Å². The molecular formula is C14H10BrClN2O3. The maximum absolute atomic E-state index is 12.2. The van der Waals surface area contributed by atoms with Gasteiger partial charge in [-0.15, -0.1) is 0 Å². The number of carbonyl (C=O) groups is 1. The van der Waals surface area contributed by atoms with E-state index in [1.807, 2.05) is 6.07 Å². The molecule has 7 heteroatoms. The van der Waals surface area contributed by atoms with Gasteiger partial charge in [0.2, 0.25) is 0 Å². The molecule has 0 aliphatic rings. The molecule has 0 fully saturated rings. The molecule has 0 aromatic heterocycles. The molecule has 2 aromatic carbocycles. The molecular weight excluding hydrogens is 360 g/mol. The largest absolute Gasteiger partial charge is 0.322 e. The van der Waals surface area contributed by atoms with Crippen molar-refractivity contribution in [2.24, 2.45) is 0 Å². The second-order valence-corrected chi connectivity index (χ2v) is 5.20. The Morgan fingerprint density at radius 1 is 1.29 bits per heavy atom. The summed E-state index contributed by atoms with van der Waals surface area (Å²) >= 11 is 9.13. The summed E-state index contributed by atoms with van der Waals surface area (Å²) in [4.78, 5) is 22.6. The summed E-state index contributed by atoms with van der Waals surface area (Å²) in [6.07, 6.45) is 0. The lowest BCUT2D eigenvalue weighted by molar-refractivity contribution is -0.385. The van der Waals surface area contributed by atoms with Crippen molar-refractivity contribution < 1.29 is 9.72 Å². The molecule has 0 aliphatic heterocycles. The number of alkyl halides is 1. The van der Waals surface area contributed by atoms with Crippen molar-refractivity contribution in [1.29, 1.82) is 0 Å². The summed E-state index contributed by atoms with van der Waals surface area (Å²) in [6.45, 7) is 0. The molecule has 2 rings (SSSR count). The number of benzene rings is 2. The fourth-order valence-corrected chi connectivity index (χ4v) is 2.30. The molecule has 0 unspecified atom stereocenters. The highest BCUT2D eigenvalue weighted by Crippen LogP contribution is 2.24. The molecule has 0 bridgehead atoms. The Bertz CT molecular complexity index is 706. The van der Waals surface area contributed by atoms with Crippen LogP contribution in [0.1, 0.15) is 15.9 Å². The topological polar surface area (TPSA) is 72.2 Å². The molecule has 108 valence electrons. The number of hydrogen-bond acceptors (Lipinski definition) is 3. The van der Waals surface area contributed by atoms with Crippen molar-refractivity contribution in [1.82, 2.24) is 0 Å². The lowest BCUT2D eigenvalue weighted by Crippen LogP contribution is -2.14. The monoisotopic (exact) mass is 368 g/mol. The second-order valence-electron chi connectivity index (χ2n) is 4.21. The van der Waals surface area contributed by atoms with Crippen LogP contribution < -0.4 is 5.32 Å². The van der Waals surface area contributed by atoms with Gasteiger partial charge in [0.25, 0.3) is 11.6 Å². The number of hydrogen-bond donors (Lipinski definition) is 1. The van der Waals surface area contributed by atoms with Crippen LogP contribution in [-0.4, -0.2) is 10.8 Å². The molecule has 0 spiro atoms. The average molecular weight is 370 g/mol. The highest BCUT2D eigenvalue weighted by molar-refractivity contribution is 9.08. The van der Waals surface area contributed by atoms with Gasteiger partial charge in [-0.2, -0.15) is 0 Å². The van der Waals surface area contributed by atoms with E-state index in [9.17, 15) is 14.9 Å².